The Morgan fingerprint density at radius 3 is 2.80 bits per heavy atom. The van der Waals surface area contributed by atoms with Crippen LogP contribution in [0.1, 0.15) is 39.5 Å². The average molecular weight is 209 g/mol. The van der Waals surface area contributed by atoms with Gasteiger partial charge in [-0.15, -0.1) is 0 Å². The second-order valence-corrected chi connectivity index (χ2v) is 3.51. The number of esters is 1. The van der Waals surface area contributed by atoms with E-state index in [2.05, 4.69) is 13.8 Å². The van der Waals surface area contributed by atoms with E-state index in [1.165, 1.54) is 12.8 Å². The van der Waals surface area contributed by atoms with Crippen LogP contribution in [-0.2, 0) is 9.53 Å². The van der Waals surface area contributed by atoms with Crippen LogP contribution < -0.4 is 0 Å². The first kappa shape index (κ1) is 13.7. The molecule has 0 aromatic carbocycles. The fourth-order valence-electron chi connectivity index (χ4n) is 1.25. The van der Waals surface area contributed by atoms with Crippen LogP contribution in [0.5, 0.6) is 0 Å². The molecule has 3 heteroatoms. The molecule has 0 fully saturated rings. The van der Waals surface area contributed by atoms with Crippen molar-refractivity contribution in [3.05, 3.63) is 12.2 Å². The first-order valence-corrected chi connectivity index (χ1v) is 5.47. The smallest absolute Gasteiger partial charge is 0.331 e. The Morgan fingerprint density at radius 2 is 2.27 bits per heavy atom. The van der Waals surface area contributed by atoms with Crippen molar-refractivity contribution in [2.45, 2.75) is 39.5 Å². The van der Waals surface area contributed by atoms with Gasteiger partial charge in [0.2, 0.25) is 0 Å². The molecule has 0 spiro atoms. The minimum atomic E-state index is -0.425. The van der Waals surface area contributed by atoms with Crippen molar-refractivity contribution in [3.8, 4) is 6.07 Å². The standard InChI is InChI=1S/C12H19NO2/c1-3-5-7-11(4-2)10-15-12(14)8-6-9-13/h6,8,11H,3-5,7,10H2,1-2H3. The number of hydrogen-bond donors (Lipinski definition) is 0. The van der Waals surface area contributed by atoms with E-state index in [0.29, 0.717) is 12.5 Å². The van der Waals surface area contributed by atoms with Crippen LogP contribution in [0.2, 0.25) is 0 Å². The van der Waals surface area contributed by atoms with Gasteiger partial charge in [0.1, 0.15) is 0 Å². The molecule has 0 aromatic rings. The third-order valence-electron chi connectivity index (χ3n) is 2.30. The topological polar surface area (TPSA) is 50.1 Å². The first-order valence-electron chi connectivity index (χ1n) is 5.47. The van der Waals surface area contributed by atoms with E-state index in [0.717, 1.165) is 25.0 Å². The van der Waals surface area contributed by atoms with Gasteiger partial charge in [0, 0.05) is 12.2 Å². The number of allylic oxidation sites excluding steroid dienone is 1. The lowest BCUT2D eigenvalue weighted by atomic mass is 10.0. The van der Waals surface area contributed by atoms with Crippen LogP contribution in [0.25, 0.3) is 0 Å². The Hall–Kier alpha value is -1.30. The molecule has 0 aliphatic rings. The van der Waals surface area contributed by atoms with Crippen LogP contribution in [0.3, 0.4) is 0 Å². The van der Waals surface area contributed by atoms with Crippen LogP contribution in [0, 0.1) is 17.2 Å². The van der Waals surface area contributed by atoms with Crippen LogP contribution in [0.15, 0.2) is 12.2 Å². The summed E-state index contributed by atoms with van der Waals surface area (Å²) in [7, 11) is 0. The van der Waals surface area contributed by atoms with Gasteiger partial charge in [0.15, 0.2) is 0 Å². The monoisotopic (exact) mass is 209 g/mol. The molecule has 84 valence electrons. The van der Waals surface area contributed by atoms with Crippen LogP contribution in [0.4, 0.5) is 0 Å². The number of carbonyl (C=O) groups is 1. The van der Waals surface area contributed by atoms with Gasteiger partial charge in [-0.1, -0.05) is 33.1 Å². The normalized spacial score (nSPS) is 12.3. The summed E-state index contributed by atoms with van der Waals surface area (Å²) in [6.45, 7) is 4.71. The maximum Gasteiger partial charge on any atom is 0.331 e. The lowest BCUT2D eigenvalue weighted by molar-refractivity contribution is -0.139. The Bertz CT molecular complexity index is 240. The van der Waals surface area contributed by atoms with E-state index in [1.54, 1.807) is 6.07 Å². The maximum absolute atomic E-state index is 11.0. The Morgan fingerprint density at radius 1 is 1.53 bits per heavy atom. The molecule has 0 rings (SSSR count). The molecule has 15 heavy (non-hydrogen) atoms. The molecular formula is C12H19NO2. The summed E-state index contributed by atoms with van der Waals surface area (Å²) in [4.78, 5) is 11.0. The second-order valence-electron chi connectivity index (χ2n) is 3.51. The zero-order valence-corrected chi connectivity index (χ0v) is 9.53. The van der Waals surface area contributed by atoms with E-state index in [1.807, 2.05) is 0 Å². The van der Waals surface area contributed by atoms with E-state index < -0.39 is 5.97 Å². The zero-order valence-electron chi connectivity index (χ0n) is 9.53. The SMILES string of the molecule is CCCCC(CC)COC(=O)C=CC#N. The highest BCUT2D eigenvalue weighted by Crippen LogP contribution is 2.12. The third-order valence-corrected chi connectivity index (χ3v) is 2.30. The van der Waals surface area contributed by atoms with Gasteiger partial charge in [0.05, 0.1) is 12.7 Å². The molecule has 0 saturated carbocycles. The van der Waals surface area contributed by atoms with Crippen molar-refractivity contribution in [1.29, 1.82) is 5.26 Å². The predicted octanol–water partition coefficient (Wildman–Crippen LogP) is 2.83. The zero-order chi connectivity index (χ0) is 11.5. The second kappa shape index (κ2) is 9.26. The maximum atomic E-state index is 11.0. The Labute approximate surface area is 91.7 Å². The number of nitriles is 1. The summed E-state index contributed by atoms with van der Waals surface area (Å²) in [6, 6.07) is 1.75. The molecule has 0 bridgehead atoms. The van der Waals surface area contributed by atoms with E-state index in [-0.39, 0.29) is 0 Å². The van der Waals surface area contributed by atoms with E-state index in [9.17, 15) is 4.79 Å². The highest BCUT2D eigenvalue weighted by molar-refractivity contribution is 5.82. The minimum absolute atomic E-state index is 0.425. The molecule has 0 aliphatic heterocycles. The number of nitrogens with zero attached hydrogens (tertiary/aromatic N) is 1. The van der Waals surface area contributed by atoms with Gasteiger partial charge in [-0.25, -0.2) is 4.79 Å². The number of ether oxygens (including phenoxy) is 1. The molecular weight excluding hydrogens is 190 g/mol. The van der Waals surface area contributed by atoms with Crippen molar-refractivity contribution in [2.75, 3.05) is 6.61 Å². The van der Waals surface area contributed by atoms with Crippen molar-refractivity contribution in [2.24, 2.45) is 5.92 Å². The molecule has 0 aromatic heterocycles. The van der Waals surface area contributed by atoms with Crippen LogP contribution >= 0.6 is 0 Å². The van der Waals surface area contributed by atoms with Gasteiger partial charge < -0.3 is 4.74 Å². The summed E-state index contributed by atoms with van der Waals surface area (Å²) in [5.41, 5.74) is 0. The highest BCUT2D eigenvalue weighted by atomic mass is 16.5. The molecule has 1 unspecified atom stereocenters. The van der Waals surface area contributed by atoms with Crippen LogP contribution in [-0.4, -0.2) is 12.6 Å². The van der Waals surface area contributed by atoms with Crippen molar-refractivity contribution < 1.29 is 9.53 Å². The van der Waals surface area contributed by atoms with Gasteiger partial charge >= 0.3 is 5.97 Å². The summed E-state index contributed by atoms with van der Waals surface area (Å²) in [6.07, 6.45) is 6.75. The average Bonchev–Trinajstić information content (AvgIpc) is 2.26. The molecule has 1 atom stereocenters. The lowest BCUT2D eigenvalue weighted by Gasteiger charge is -2.13. The van der Waals surface area contributed by atoms with E-state index >= 15 is 0 Å². The summed E-state index contributed by atoms with van der Waals surface area (Å²) < 4.78 is 5.02. The van der Waals surface area contributed by atoms with Crippen molar-refractivity contribution in [1.82, 2.24) is 0 Å². The minimum Gasteiger partial charge on any atom is -0.462 e. The number of rotatable bonds is 7. The molecule has 0 aliphatic carbocycles. The third kappa shape index (κ3) is 7.75. The van der Waals surface area contributed by atoms with Gasteiger partial charge in [-0.3, -0.25) is 0 Å². The van der Waals surface area contributed by atoms with E-state index in [4.69, 9.17) is 10.00 Å². The summed E-state index contributed by atoms with van der Waals surface area (Å²) in [5, 5.41) is 8.21. The molecule has 0 N–H and O–H groups in total. The number of hydrogen-bond acceptors (Lipinski definition) is 3. The number of unbranched alkanes of at least 4 members (excludes halogenated alkanes) is 1. The molecule has 0 amide bonds. The Kier molecular flexibility index (Phi) is 8.46. The Balaban J connectivity index is 3.75. The summed E-state index contributed by atoms with van der Waals surface area (Å²) in [5.74, 6) is 0.0240. The lowest BCUT2D eigenvalue weighted by Crippen LogP contribution is -2.12. The van der Waals surface area contributed by atoms with Gasteiger partial charge in [-0.05, 0) is 12.3 Å². The first-order chi connectivity index (χ1) is 7.24. The quantitative estimate of drug-likeness (QED) is 0.368. The fraction of sp³-hybridized carbons (Fsp3) is 0.667. The molecule has 0 radical (unpaired) electrons. The summed E-state index contributed by atoms with van der Waals surface area (Å²) >= 11 is 0. The van der Waals surface area contributed by atoms with Crippen molar-refractivity contribution >= 4 is 5.97 Å². The molecule has 3 nitrogen and oxygen atoms in total. The molecule has 0 saturated heterocycles. The predicted molar refractivity (Wildman–Crippen MR) is 59.0 cm³/mol. The largest absolute Gasteiger partial charge is 0.462 e. The fourth-order valence-corrected chi connectivity index (χ4v) is 1.25. The highest BCUT2D eigenvalue weighted by Gasteiger charge is 2.07. The molecule has 0 heterocycles. The number of carbonyl (C=O) groups excluding carboxylic acids is 1. The van der Waals surface area contributed by atoms with Crippen molar-refractivity contribution in [3.63, 3.8) is 0 Å². The van der Waals surface area contributed by atoms with Gasteiger partial charge in [0.25, 0.3) is 0 Å². The van der Waals surface area contributed by atoms with Gasteiger partial charge in [-0.2, -0.15) is 5.26 Å².